The summed E-state index contributed by atoms with van der Waals surface area (Å²) < 4.78 is 5.23. The number of H-pyrrole nitrogens is 1. The van der Waals surface area contributed by atoms with Gasteiger partial charge in [-0.3, -0.25) is 14.4 Å². The zero-order chi connectivity index (χ0) is 31.5. The lowest BCUT2D eigenvalue weighted by Crippen LogP contribution is -2.62. The Balaban J connectivity index is 1.58. The number of ether oxygens (including phenoxy) is 1. The largest absolute Gasteiger partial charge is 0.508 e. The number of carboxylic acid groups (broad SMARTS) is 1. The molecule has 4 atom stereocenters. The molecule has 6 N–H and O–H groups in total. The van der Waals surface area contributed by atoms with Crippen LogP contribution in [-0.2, 0) is 32.0 Å². The topological polar surface area (TPSA) is 178 Å². The Morgan fingerprint density at radius 2 is 1.52 bits per heavy atom. The number of piperazine rings is 1. The van der Waals surface area contributed by atoms with E-state index in [2.05, 4.69) is 15.6 Å². The normalized spacial score (nSPS) is 18.0. The summed E-state index contributed by atoms with van der Waals surface area (Å²) in [4.78, 5) is 54.1. The van der Waals surface area contributed by atoms with Crippen molar-refractivity contribution in [3.8, 4) is 11.5 Å². The van der Waals surface area contributed by atoms with Crippen molar-refractivity contribution in [2.24, 2.45) is 0 Å². The first-order valence-corrected chi connectivity index (χ1v) is 14.1. The Hall–Kier alpha value is -5.16. The van der Waals surface area contributed by atoms with E-state index < -0.39 is 41.6 Å². The molecule has 0 bridgehead atoms. The van der Waals surface area contributed by atoms with Crippen molar-refractivity contribution in [2.75, 3.05) is 7.11 Å². The molecule has 1 aliphatic heterocycles. The summed E-state index contributed by atoms with van der Waals surface area (Å²) in [5, 5.41) is 38.4. The number of phenols is 2. The fourth-order valence-corrected chi connectivity index (χ4v) is 5.87. The molecule has 2 heterocycles. The van der Waals surface area contributed by atoms with E-state index in [0.717, 1.165) is 5.56 Å². The highest BCUT2D eigenvalue weighted by molar-refractivity contribution is 5.99. The Labute approximate surface area is 252 Å². The molecule has 11 nitrogen and oxygen atoms in total. The zero-order valence-electron chi connectivity index (χ0n) is 24.2. The second-order valence-corrected chi connectivity index (χ2v) is 10.9. The van der Waals surface area contributed by atoms with Gasteiger partial charge in [0.1, 0.15) is 23.6 Å². The Bertz CT molecular complexity index is 1730. The van der Waals surface area contributed by atoms with Crippen molar-refractivity contribution in [2.45, 2.75) is 50.3 Å². The lowest BCUT2D eigenvalue weighted by molar-refractivity contribution is -0.149. The standard InChI is InChI=1S/C33H33N3O8/c1-17(37)19-12-13-26(38)28(30(19)39)22(16-27(44-2)33(42)43)29-21(20-10-6-7-11-23(20)34-29)15-25-32(41)35-24(31(40)36-25)14-18-8-4-3-5-9-18/h3-13,22,24-25,27,34,38-39H,14-16H2,1-2H3,(H,35,41)(H,36,40)(H,42,43). The monoisotopic (exact) mass is 599 g/mol. The van der Waals surface area contributed by atoms with Gasteiger partial charge in [-0.25, -0.2) is 4.79 Å². The summed E-state index contributed by atoms with van der Waals surface area (Å²) in [5.41, 5.74) is 2.40. The predicted octanol–water partition coefficient (Wildman–Crippen LogP) is 3.17. The van der Waals surface area contributed by atoms with Gasteiger partial charge in [0.2, 0.25) is 11.8 Å². The summed E-state index contributed by atoms with van der Waals surface area (Å²) in [5.74, 6) is -4.30. The number of aliphatic carboxylic acids is 1. The minimum Gasteiger partial charge on any atom is -0.508 e. The number of phenolic OH excluding ortho intramolecular Hbond substituents is 2. The molecule has 11 heteroatoms. The van der Waals surface area contributed by atoms with Gasteiger partial charge < -0.3 is 35.7 Å². The molecule has 4 aromatic rings. The second kappa shape index (κ2) is 12.6. The summed E-state index contributed by atoms with van der Waals surface area (Å²) in [6.45, 7) is 1.27. The number of aromatic amines is 1. The third kappa shape index (κ3) is 6.00. The Kier molecular flexibility index (Phi) is 8.68. The number of para-hydroxylation sites is 1. The third-order valence-electron chi connectivity index (χ3n) is 8.08. The maximum atomic E-state index is 13.3. The van der Waals surface area contributed by atoms with Crippen molar-refractivity contribution in [3.63, 3.8) is 0 Å². The number of Topliss-reactive ketones (excluding diaryl/α,β-unsaturated/α-hetero) is 1. The molecule has 1 saturated heterocycles. The number of hydrogen-bond donors (Lipinski definition) is 6. The molecule has 0 spiro atoms. The van der Waals surface area contributed by atoms with Gasteiger partial charge in [0.05, 0.1) is 5.56 Å². The Morgan fingerprint density at radius 3 is 2.16 bits per heavy atom. The van der Waals surface area contributed by atoms with Crippen molar-refractivity contribution < 1.29 is 39.2 Å². The number of methoxy groups -OCH3 is 1. The molecule has 0 radical (unpaired) electrons. The number of benzene rings is 3. The van der Waals surface area contributed by atoms with Crippen LogP contribution in [0.5, 0.6) is 11.5 Å². The van der Waals surface area contributed by atoms with Crippen LogP contribution in [0, 0.1) is 0 Å². The summed E-state index contributed by atoms with van der Waals surface area (Å²) >= 11 is 0. The smallest absolute Gasteiger partial charge is 0.332 e. The lowest BCUT2D eigenvalue weighted by atomic mass is 9.84. The molecule has 1 fully saturated rings. The summed E-state index contributed by atoms with van der Waals surface area (Å²) in [6.07, 6.45) is -1.25. The molecule has 1 aromatic heterocycles. The van der Waals surface area contributed by atoms with Crippen LogP contribution >= 0.6 is 0 Å². The maximum absolute atomic E-state index is 13.3. The van der Waals surface area contributed by atoms with Crippen LogP contribution in [0.15, 0.2) is 66.7 Å². The van der Waals surface area contributed by atoms with E-state index in [1.54, 1.807) is 18.2 Å². The number of fused-ring (bicyclic) bond motifs is 1. The van der Waals surface area contributed by atoms with Crippen LogP contribution in [0.3, 0.4) is 0 Å². The van der Waals surface area contributed by atoms with Crippen molar-refractivity contribution in [1.82, 2.24) is 15.6 Å². The number of nitrogens with one attached hydrogen (secondary N) is 3. The number of rotatable bonds is 11. The highest BCUT2D eigenvalue weighted by Crippen LogP contribution is 2.45. The number of aromatic nitrogens is 1. The van der Waals surface area contributed by atoms with Gasteiger partial charge in [0.15, 0.2) is 11.9 Å². The van der Waals surface area contributed by atoms with Crippen LogP contribution in [-0.4, -0.2) is 69.2 Å². The van der Waals surface area contributed by atoms with Crippen LogP contribution in [0.25, 0.3) is 10.9 Å². The third-order valence-corrected chi connectivity index (χ3v) is 8.08. The second-order valence-electron chi connectivity index (χ2n) is 10.9. The average Bonchev–Trinajstić information content (AvgIpc) is 3.35. The highest BCUT2D eigenvalue weighted by atomic mass is 16.5. The molecule has 228 valence electrons. The van der Waals surface area contributed by atoms with Gasteiger partial charge in [0, 0.05) is 48.0 Å². The SMILES string of the molecule is COC(CC(c1[nH]c2ccccc2c1CC1NC(=O)C(Cc2ccccc2)NC1=O)c1c(O)ccc(C(C)=O)c1O)C(=O)O. The van der Waals surface area contributed by atoms with Gasteiger partial charge in [-0.2, -0.15) is 0 Å². The van der Waals surface area contributed by atoms with E-state index in [9.17, 15) is 34.5 Å². The van der Waals surface area contributed by atoms with Gasteiger partial charge >= 0.3 is 5.97 Å². The molecule has 0 aliphatic carbocycles. The van der Waals surface area contributed by atoms with Gasteiger partial charge in [-0.15, -0.1) is 0 Å². The first-order chi connectivity index (χ1) is 21.1. The van der Waals surface area contributed by atoms with Crippen molar-refractivity contribution in [1.29, 1.82) is 0 Å². The van der Waals surface area contributed by atoms with Crippen LogP contribution in [0.2, 0.25) is 0 Å². The maximum Gasteiger partial charge on any atom is 0.332 e. The molecule has 44 heavy (non-hydrogen) atoms. The molecular formula is C33H33N3O8. The molecule has 0 saturated carbocycles. The van der Waals surface area contributed by atoms with Gasteiger partial charge in [-0.1, -0.05) is 48.5 Å². The van der Waals surface area contributed by atoms with Crippen molar-refractivity contribution >= 4 is 34.5 Å². The van der Waals surface area contributed by atoms with Crippen LogP contribution in [0.4, 0.5) is 0 Å². The Morgan fingerprint density at radius 1 is 0.886 bits per heavy atom. The zero-order valence-corrected chi connectivity index (χ0v) is 24.2. The lowest BCUT2D eigenvalue weighted by Gasteiger charge is -2.30. The molecule has 1 aliphatic rings. The van der Waals surface area contributed by atoms with E-state index in [4.69, 9.17) is 4.74 Å². The van der Waals surface area contributed by atoms with E-state index in [0.29, 0.717) is 28.6 Å². The summed E-state index contributed by atoms with van der Waals surface area (Å²) in [7, 11) is 1.24. The average molecular weight is 600 g/mol. The minimum absolute atomic E-state index is 0.0180. The van der Waals surface area contributed by atoms with Gasteiger partial charge in [-0.05, 0) is 42.7 Å². The molecule has 5 rings (SSSR count). The quantitative estimate of drug-likeness (QED) is 0.142. The first kappa shape index (κ1) is 30.3. The number of carbonyl (C=O) groups excluding carboxylic acids is 3. The number of aromatic hydroxyl groups is 2. The molecule has 3 aromatic carbocycles. The van der Waals surface area contributed by atoms with Crippen molar-refractivity contribution in [3.05, 3.63) is 94.7 Å². The number of ketones is 1. The molecule has 2 amide bonds. The number of hydrogen-bond acceptors (Lipinski definition) is 7. The number of carbonyl (C=O) groups is 4. The number of carboxylic acids is 1. The fourth-order valence-electron chi connectivity index (χ4n) is 5.87. The van der Waals surface area contributed by atoms with E-state index >= 15 is 0 Å². The van der Waals surface area contributed by atoms with Crippen LogP contribution < -0.4 is 10.6 Å². The van der Waals surface area contributed by atoms with Crippen LogP contribution in [0.1, 0.15) is 52.0 Å². The first-order valence-electron chi connectivity index (χ1n) is 14.1. The fraction of sp³-hybridized carbons (Fsp3) is 0.273. The number of amides is 2. The van der Waals surface area contributed by atoms with E-state index in [1.165, 1.54) is 26.2 Å². The summed E-state index contributed by atoms with van der Waals surface area (Å²) in [6, 6.07) is 17.4. The van der Waals surface area contributed by atoms with Gasteiger partial charge in [0.25, 0.3) is 0 Å². The molecule has 4 unspecified atom stereocenters. The highest BCUT2D eigenvalue weighted by Gasteiger charge is 2.37. The molecular weight excluding hydrogens is 566 g/mol. The van der Waals surface area contributed by atoms with E-state index in [1.807, 2.05) is 36.4 Å². The predicted molar refractivity (Wildman–Crippen MR) is 161 cm³/mol. The minimum atomic E-state index is -1.35. The van der Waals surface area contributed by atoms with E-state index in [-0.39, 0.29) is 41.5 Å².